The minimum Gasteiger partial charge on any atom is -0.334 e. The van der Waals surface area contributed by atoms with Crippen molar-refractivity contribution in [3.05, 3.63) is 59.2 Å². The normalized spacial score (nSPS) is 17.1. The van der Waals surface area contributed by atoms with E-state index in [2.05, 4.69) is 15.3 Å². The van der Waals surface area contributed by atoms with Gasteiger partial charge in [0.2, 0.25) is 0 Å². The summed E-state index contributed by atoms with van der Waals surface area (Å²) >= 11 is 0. The van der Waals surface area contributed by atoms with Crippen LogP contribution in [0.1, 0.15) is 41.3 Å². The molecule has 1 N–H and O–H groups in total. The minimum atomic E-state index is 0.00703. The maximum atomic E-state index is 12.5. The SMILES string of the molecule is O=C(NCc1ccccc1)N1CCc2ncnc(C3CC3)c2CC1. The van der Waals surface area contributed by atoms with E-state index < -0.39 is 0 Å². The number of hydrogen-bond acceptors (Lipinski definition) is 3. The summed E-state index contributed by atoms with van der Waals surface area (Å²) in [7, 11) is 0. The highest BCUT2D eigenvalue weighted by atomic mass is 16.2. The molecule has 1 fully saturated rings. The Morgan fingerprint density at radius 2 is 1.92 bits per heavy atom. The van der Waals surface area contributed by atoms with Gasteiger partial charge >= 0.3 is 6.03 Å². The van der Waals surface area contributed by atoms with Crippen LogP contribution >= 0.6 is 0 Å². The Kier molecular flexibility index (Phi) is 4.15. The molecule has 0 radical (unpaired) electrons. The van der Waals surface area contributed by atoms with E-state index in [4.69, 9.17) is 0 Å². The highest BCUT2D eigenvalue weighted by Gasteiger charge is 2.30. The quantitative estimate of drug-likeness (QED) is 0.945. The third-order valence-corrected chi connectivity index (χ3v) is 4.86. The third kappa shape index (κ3) is 3.25. The van der Waals surface area contributed by atoms with Gasteiger partial charge in [-0.15, -0.1) is 0 Å². The molecule has 2 aliphatic rings. The Labute approximate surface area is 142 Å². The molecule has 24 heavy (non-hydrogen) atoms. The molecule has 2 heterocycles. The molecule has 0 saturated heterocycles. The van der Waals surface area contributed by atoms with Crippen LogP contribution in [0.2, 0.25) is 0 Å². The molecule has 0 bridgehead atoms. The molecule has 0 spiro atoms. The van der Waals surface area contributed by atoms with Crippen LogP contribution in [0.15, 0.2) is 36.7 Å². The van der Waals surface area contributed by atoms with Crippen molar-refractivity contribution in [2.24, 2.45) is 0 Å². The fraction of sp³-hybridized carbons (Fsp3) is 0.421. The Balaban J connectivity index is 1.40. The molecular weight excluding hydrogens is 300 g/mol. The monoisotopic (exact) mass is 322 g/mol. The standard InChI is InChI=1S/C19H22N4O/c24-19(20-12-14-4-2-1-3-5-14)23-10-8-16-17(9-11-23)21-13-22-18(16)15-6-7-15/h1-5,13,15H,6-12H2,(H,20,24). The first-order valence-electron chi connectivity index (χ1n) is 8.70. The number of hydrogen-bond donors (Lipinski definition) is 1. The fourth-order valence-corrected chi connectivity index (χ4v) is 3.35. The maximum absolute atomic E-state index is 12.5. The smallest absolute Gasteiger partial charge is 0.317 e. The molecule has 5 heteroatoms. The van der Waals surface area contributed by atoms with Crippen LogP contribution in [-0.2, 0) is 19.4 Å². The third-order valence-electron chi connectivity index (χ3n) is 4.86. The number of carbonyl (C=O) groups is 1. The number of benzene rings is 1. The summed E-state index contributed by atoms with van der Waals surface area (Å²) in [4.78, 5) is 23.4. The van der Waals surface area contributed by atoms with Crippen molar-refractivity contribution < 1.29 is 4.79 Å². The van der Waals surface area contributed by atoms with E-state index >= 15 is 0 Å². The summed E-state index contributed by atoms with van der Waals surface area (Å²) in [5.74, 6) is 0.625. The molecule has 1 aromatic carbocycles. The lowest BCUT2D eigenvalue weighted by molar-refractivity contribution is 0.199. The van der Waals surface area contributed by atoms with E-state index in [0.717, 1.165) is 37.2 Å². The highest BCUT2D eigenvalue weighted by molar-refractivity contribution is 5.74. The first kappa shape index (κ1) is 15.1. The minimum absolute atomic E-state index is 0.00703. The summed E-state index contributed by atoms with van der Waals surface area (Å²) in [6.07, 6.45) is 5.85. The number of carbonyl (C=O) groups excluding carboxylic acids is 1. The van der Waals surface area contributed by atoms with E-state index in [9.17, 15) is 4.79 Å². The zero-order valence-corrected chi connectivity index (χ0v) is 13.7. The van der Waals surface area contributed by atoms with Gasteiger partial charge in [-0.05, 0) is 30.4 Å². The van der Waals surface area contributed by atoms with E-state index in [1.807, 2.05) is 35.2 Å². The molecule has 1 aromatic heterocycles. The van der Waals surface area contributed by atoms with Gasteiger partial charge in [0.05, 0.1) is 5.69 Å². The summed E-state index contributed by atoms with van der Waals surface area (Å²) in [5.41, 5.74) is 4.76. The van der Waals surface area contributed by atoms with Crippen LogP contribution in [0.3, 0.4) is 0 Å². The molecular formula is C19H22N4O. The van der Waals surface area contributed by atoms with Gasteiger partial charge in [0.1, 0.15) is 6.33 Å². The second kappa shape index (κ2) is 6.59. The lowest BCUT2D eigenvalue weighted by Gasteiger charge is -2.20. The Hall–Kier alpha value is -2.43. The van der Waals surface area contributed by atoms with Crippen LogP contribution in [0.4, 0.5) is 4.79 Å². The first-order valence-corrected chi connectivity index (χ1v) is 8.70. The molecule has 124 valence electrons. The van der Waals surface area contributed by atoms with Crippen LogP contribution in [0.25, 0.3) is 0 Å². The van der Waals surface area contributed by atoms with Crippen molar-refractivity contribution in [1.82, 2.24) is 20.2 Å². The van der Waals surface area contributed by atoms with Gasteiger partial charge in [0.15, 0.2) is 0 Å². The van der Waals surface area contributed by atoms with Crippen LogP contribution in [0.5, 0.6) is 0 Å². The molecule has 2 aromatic rings. The van der Waals surface area contributed by atoms with Crippen molar-refractivity contribution >= 4 is 6.03 Å². The zero-order valence-electron chi connectivity index (χ0n) is 13.7. The van der Waals surface area contributed by atoms with Gasteiger partial charge in [0, 0.05) is 37.7 Å². The zero-order chi connectivity index (χ0) is 16.4. The Morgan fingerprint density at radius 3 is 2.71 bits per heavy atom. The molecule has 2 amide bonds. The predicted octanol–water partition coefficient (Wildman–Crippen LogP) is 2.66. The molecule has 1 saturated carbocycles. The average Bonchev–Trinajstić information content (AvgIpc) is 3.46. The average molecular weight is 322 g/mol. The van der Waals surface area contributed by atoms with Gasteiger partial charge in [-0.25, -0.2) is 14.8 Å². The topological polar surface area (TPSA) is 58.1 Å². The molecule has 1 aliphatic carbocycles. The van der Waals surface area contributed by atoms with E-state index in [-0.39, 0.29) is 6.03 Å². The summed E-state index contributed by atoms with van der Waals surface area (Å²) in [5, 5.41) is 3.02. The van der Waals surface area contributed by atoms with Crippen LogP contribution in [-0.4, -0.2) is 34.0 Å². The number of nitrogens with one attached hydrogen (secondary N) is 1. The number of urea groups is 1. The van der Waals surface area contributed by atoms with E-state index in [1.165, 1.54) is 24.1 Å². The molecule has 0 unspecified atom stereocenters. The number of aromatic nitrogens is 2. The number of amides is 2. The van der Waals surface area contributed by atoms with Gasteiger partial charge in [-0.3, -0.25) is 0 Å². The van der Waals surface area contributed by atoms with Gasteiger partial charge in [0.25, 0.3) is 0 Å². The highest BCUT2D eigenvalue weighted by Crippen LogP contribution is 2.41. The van der Waals surface area contributed by atoms with Gasteiger partial charge < -0.3 is 10.2 Å². The van der Waals surface area contributed by atoms with Gasteiger partial charge in [-0.1, -0.05) is 30.3 Å². The largest absolute Gasteiger partial charge is 0.334 e. The molecule has 1 aliphatic heterocycles. The molecule has 0 atom stereocenters. The number of nitrogens with zero attached hydrogens (tertiary/aromatic N) is 3. The molecule has 4 rings (SSSR count). The first-order chi connectivity index (χ1) is 11.8. The van der Waals surface area contributed by atoms with Crippen LogP contribution < -0.4 is 5.32 Å². The fourth-order valence-electron chi connectivity index (χ4n) is 3.35. The summed E-state index contributed by atoms with van der Waals surface area (Å²) < 4.78 is 0. The van der Waals surface area contributed by atoms with E-state index in [1.54, 1.807) is 6.33 Å². The number of fused-ring (bicyclic) bond motifs is 1. The van der Waals surface area contributed by atoms with Crippen molar-refractivity contribution in [2.45, 2.75) is 38.1 Å². The van der Waals surface area contributed by atoms with Crippen molar-refractivity contribution in [3.63, 3.8) is 0 Å². The molecule has 5 nitrogen and oxygen atoms in total. The van der Waals surface area contributed by atoms with Crippen molar-refractivity contribution in [2.75, 3.05) is 13.1 Å². The second-order valence-corrected chi connectivity index (χ2v) is 6.59. The second-order valence-electron chi connectivity index (χ2n) is 6.59. The van der Waals surface area contributed by atoms with Gasteiger partial charge in [-0.2, -0.15) is 0 Å². The number of rotatable bonds is 3. The summed E-state index contributed by atoms with van der Waals surface area (Å²) in [6.45, 7) is 2.02. The van der Waals surface area contributed by atoms with E-state index in [0.29, 0.717) is 12.5 Å². The van der Waals surface area contributed by atoms with Crippen LogP contribution in [0, 0.1) is 0 Å². The Morgan fingerprint density at radius 1 is 1.12 bits per heavy atom. The summed E-state index contributed by atoms with van der Waals surface area (Å²) in [6, 6.07) is 10.0. The van der Waals surface area contributed by atoms with Crippen molar-refractivity contribution in [3.8, 4) is 0 Å². The maximum Gasteiger partial charge on any atom is 0.317 e. The van der Waals surface area contributed by atoms with Crippen molar-refractivity contribution in [1.29, 1.82) is 0 Å². The lowest BCUT2D eigenvalue weighted by atomic mass is 10.0. The Bertz CT molecular complexity index is 727. The predicted molar refractivity (Wildman–Crippen MR) is 91.7 cm³/mol. The lowest BCUT2D eigenvalue weighted by Crippen LogP contribution is -2.41.